The quantitative estimate of drug-likeness (QED) is 0.239. The van der Waals surface area contributed by atoms with Gasteiger partial charge in [-0.25, -0.2) is 0 Å². The molecular formula is C37H24N2OS. The summed E-state index contributed by atoms with van der Waals surface area (Å²) in [6, 6.07) is 47.6. The Labute approximate surface area is 240 Å². The molecule has 1 aliphatic rings. The van der Waals surface area contributed by atoms with Crippen molar-refractivity contribution < 1.29 is 4.74 Å². The van der Waals surface area contributed by atoms with Crippen molar-refractivity contribution in [3.63, 3.8) is 0 Å². The van der Waals surface area contributed by atoms with E-state index >= 15 is 0 Å². The number of nitrogens with one attached hydrogen (secondary N) is 1. The minimum absolute atomic E-state index is 0.259. The second kappa shape index (κ2) is 8.72. The van der Waals surface area contributed by atoms with Gasteiger partial charge in [-0.05, 0) is 42.0 Å². The summed E-state index contributed by atoms with van der Waals surface area (Å²) >= 11 is 1.84. The summed E-state index contributed by atoms with van der Waals surface area (Å²) in [5.41, 5.74) is 8.15. The van der Waals surface area contributed by atoms with E-state index in [0.29, 0.717) is 0 Å². The Balaban J connectivity index is 1.15. The summed E-state index contributed by atoms with van der Waals surface area (Å²) < 4.78 is 11.6. The number of hydrogen-bond acceptors (Lipinski definition) is 3. The first-order valence-corrected chi connectivity index (χ1v) is 14.7. The molecule has 1 N–H and O–H groups in total. The van der Waals surface area contributed by atoms with Gasteiger partial charge in [-0.3, -0.25) is 0 Å². The molecule has 3 nitrogen and oxygen atoms in total. The van der Waals surface area contributed by atoms with Gasteiger partial charge < -0.3 is 14.6 Å². The molecule has 3 heterocycles. The van der Waals surface area contributed by atoms with Gasteiger partial charge >= 0.3 is 0 Å². The minimum atomic E-state index is -0.259. The van der Waals surface area contributed by atoms with Gasteiger partial charge in [-0.1, -0.05) is 97.1 Å². The van der Waals surface area contributed by atoms with Crippen LogP contribution in [0.1, 0.15) is 11.8 Å². The molecule has 1 atom stereocenters. The van der Waals surface area contributed by atoms with Crippen LogP contribution in [0.15, 0.2) is 133 Å². The monoisotopic (exact) mass is 544 g/mol. The van der Waals surface area contributed by atoms with E-state index in [1.807, 2.05) is 11.3 Å². The van der Waals surface area contributed by atoms with Crippen molar-refractivity contribution in [3.8, 4) is 22.6 Å². The first-order valence-electron chi connectivity index (χ1n) is 13.9. The van der Waals surface area contributed by atoms with Crippen LogP contribution in [0.4, 0.5) is 5.69 Å². The van der Waals surface area contributed by atoms with Crippen molar-refractivity contribution >= 4 is 59.0 Å². The Morgan fingerprint density at radius 3 is 2.00 bits per heavy atom. The molecule has 0 spiro atoms. The topological polar surface area (TPSA) is 26.2 Å². The second-order valence-electron chi connectivity index (χ2n) is 10.6. The van der Waals surface area contributed by atoms with Crippen LogP contribution in [-0.4, -0.2) is 4.57 Å². The first-order chi connectivity index (χ1) is 20.3. The summed E-state index contributed by atoms with van der Waals surface area (Å²) in [4.78, 5) is 0. The predicted molar refractivity (Wildman–Crippen MR) is 173 cm³/mol. The molecule has 2 aromatic heterocycles. The van der Waals surface area contributed by atoms with E-state index in [-0.39, 0.29) is 6.23 Å². The maximum atomic E-state index is 6.72. The Kier molecular flexibility index (Phi) is 4.83. The lowest BCUT2D eigenvalue weighted by molar-refractivity contribution is 0.263. The van der Waals surface area contributed by atoms with Gasteiger partial charge in [0.15, 0.2) is 12.0 Å². The number of aromatic nitrogens is 1. The Bertz CT molecular complexity index is 2210. The molecule has 194 valence electrons. The zero-order chi connectivity index (χ0) is 26.9. The molecule has 0 radical (unpaired) electrons. The summed E-state index contributed by atoms with van der Waals surface area (Å²) in [7, 11) is 0. The van der Waals surface area contributed by atoms with E-state index < -0.39 is 0 Å². The van der Waals surface area contributed by atoms with Crippen molar-refractivity contribution in [1.82, 2.24) is 4.57 Å². The number of fused-ring (bicyclic) bond motifs is 8. The van der Waals surface area contributed by atoms with Crippen LogP contribution in [0.5, 0.6) is 5.75 Å². The van der Waals surface area contributed by atoms with Crippen LogP contribution in [0.3, 0.4) is 0 Å². The maximum Gasteiger partial charge on any atom is 0.196 e. The third-order valence-corrected chi connectivity index (χ3v) is 9.45. The van der Waals surface area contributed by atoms with Crippen LogP contribution in [-0.2, 0) is 0 Å². The Morgan fingerprint density at radius 2 is 1.27 bits per heavy atom. The fraction of sp³-hybridized carbons (Fsp3) is 0.0270. The van der Waals surface area contributed by atoms with Gasteiger partial charge in [0.2, 0.25) is 0 Å². The average molecular weight is 545 g/mol. The van der Waals surface area contributed by atoms with Crippen LogP contribution >= 0.6 is 11.3 Å². The molecule has 0 bridgehead atoms. The van der Waals surface area contributed by atoms with Crippen LogP contribution in [0.2, 0.25) is 0 Å². The van der Waals surface area contributed by atoms with E-state index in [4.69, 9.17) is 4.74 Å². The van der Waals surface area contributed by atoms with Crippen molar-refractivity contribution in [2.75, 3.05) is 5.32 Å². The molecule has 1 unspecified atom stereocenters. The number of rotatable bonds is 3. The highest BCUT2D eigenvalue weighted by Gasteiger charge is 2.29. The lowest BCUT2D eigenvalue weighted by Crippen LogP contribution is -2.10. The SMILES string of the molecule is c1ccc(-c2cc3c(c4c2sc2ccccc24)OC(c2ccc(-n4c5ccccc5c5ccccc54)cc2)N3)cc1. The molecule has 0 fully saturated rings. The van der Waals surface area contributed by atoms with Gasteiger partial charge in [0.1, 0.15) is 0 Å². The smallest absolute Gasteiger partial charge is 0.196 e. The molecule has 1 aliphatic heterocycles. The minimum Gasteiger partial charge on any atom is -0.464 e. The average Bonchev–Trinajstić information content (AvgIpc) is 3.73. The zero-order valence-corrected chi connectivity index (χ0v) is 22.9. The highest BCUT2D eigenvalue weighted by molar-refractivity contribution is 7.26. The van der Waals surface area contributed by atoms with Crippen LogP contribution in [0, 0.1) is 0 Å². The van der Waals surface area contributed by atoms with E-state index in [9.17, 15) is 0 Å². The summed E-state index contributed by atoms with van der Waals surface area (Å²) in [5, 5.41) is 8.67. The van der Waals surface area contributed by atoms with E-state index in [1.54, 1.807) is 0 Å². The van der Waals surface area contributed by atoms with Crippen LogP contribution < -0.4 is 10.1 Å². The standard InChI is InChI=1S/C37H24N2OS/c1-2-10-23(11-3-1)29-22-30-35(34-28-14-6-9-17-33(28)41-36(29)34)40-37(38-30)24-18-20-25(21-19-24)39-31-15-7-4-12-26(31)27-13-5-8-16-32(27)39/h1-22,37-38H. The first kappa shape index (κ1) is 22.7. The predicted octanol–water partition coefficient (Wildman–Crippen LogP) is 10.3. The van der Waals surface area contributed by atoms with Gasteiger partial charge in [0.25, 0.3) is 0 Å². The number of nitrogens with zero attached hydrogens (tertiary/aromatic N) is 1. The summed E-state index contributed by atoms with van der Waals surface area (Å²) in [6.07, 6.45) is -0.259. The molecule has 4 heteroatoms. The van der Waals surface area contributed by atoms with Gasteiger partial charge in [-0.2, -0.15) is 0 Å². The molecule has 9 rings (SSSR count). The van der Waals surface area contributed by atoms with Crippen molar-refractivity contribution in [2.45, 2.75) is 6.23 Å². The number of ether oxygens (including phenoxy) is 1. The Hall–Kier alpha value is -5.06. The summed E-state index contributed by atoms with van der Waals surface area (Å²) in [6.45, 7) is 0. The molecular weight excluding hydrogens is 520 g/mol. The van der Waals surface area contributed by atoms with Crippen molar-refractivity contribution in [3.05, 3.63) is 139 Å². The third kappa shape index (κ3) is 3.38. The zero-order valence-electron chi connectivity index (χ0n) is 22.0. The van der Waals surface area contributed by atoms with Gasteiger partial charge in [-0.15, -0.1) is 11.3 Å². The second-order valence-corrected chi connectivity index (χ2v) is 11.6. The highest BCUT2D eigenvalue weighted by Crippen LogP contribution is 2.52. The number of thiophene rings is 1. The van der Waals surface area contributed by atoms with E-state index in [2.05, 4.69) is 143 Å². The molecule has 0 aliphatic carbocycles. The van der Waals surface area contributed by atoms with E-state index in [1.165, 1.54) is 53.1 Å². The fourth-order valence-electron chi connectivity index (χ4n) is 6.37. The number of benzene rings is 6. The molecule has 0 amide bonds. The number of hydrogen-bond donors (Lipinski definition) is 1. The number of anilines is 1. The largest absolute Gasteiger partial charge is 0.464 e. The normalized spacial score (nSPS) is 14.5. The molecule has 0 saturated heterocycles. The molecule has 0 saturated carbocycles. The lowest BCUT2D eigenvalue weighted by atomic mass is 10.0. The molecule has 8 aromatic rings. The van der Waals surface area contributed by atoms with Crippen molar-refractivity contribution in [1.29, 1.82) is 0 Å². The van der Waals surface area contributed by atoms with Gasteiger partial charge in [0.05, 0.1) is 16.7 Å². The lowest BCUT2D eigenvalue weighted by Gasteiger charge is -2.14. The highest BCUT2D eigenvalue weighted by atomic mass is 32.1. The van der Waals surface area contributed by atoms with E-state index in [0.717, 1.165) is 22.7 Å². The third-order valence-electron chi connectivity index (χ3n) is 8.24. The Morgan fingerprint density at radius 1 is 0.634 bits per heavy atom. The summed E-state index contributed by atoms with van der Waals surface area (Å²) in [5.74, 6) is 0.939. The number of para-hydroxylation sites is 2. The molecule has 6 aromatic carbocycles. The van der Waals surface area contributed by atoms with Gasteiger partial charge in [0, 0.05) is 47.8 Å². The fourth-order valence-corrected chi connectivity index (χ4v) is 7.61. The van der Waals surface area contributed by atoms with Crippen LogP contribution in [0.25, 0.3) is 58.8 Å². The molecule has 41 heavy (non-hydrogen) atoms. The maximum absolute atomic E-state index is 6.72. The van der Waals surface area contributed by atoms with Crippen molar-refractivity contribution in [2.24, 2.45) is 0 Å².